The topological polar surface area (TPSA) is 67.8 Å². The van der Waals surface area contributed by atoms with Crippen molar-refractivity contribution in [2.75, 3.05) is 44.8 Å². The van der Waals surface area contributed by atoms with Crippen LogP contribution in [0.2, 0.25) is 0 Å². The zero-order chi connectivity index (χ0) is 16.8. The summed E-state index contributed by atoms with van der Waals surface area (Å²) in [5.41, 5.74) is 0. The highest BCUT2D eigenvalue weighted by Crippen LogP contribution is 2.19. The molecule has 3 rings (SSSR count). The Morgan fingerprint density at radius 1 is 1.29 bits per heavy atom. The van der Waals surface area contributed by atoms with Gasteiger partial charge < -0.3 is 19.3 Å². The van der Waals surface area contributed by atoms with E-state index in [0.717, 1.165) is 57.9 Å². The van der Waals surface area contributed by atoms with E-state index in [9.17, 15) is 4.79 Å². The van der Waals surface area contributed by atoms with Crippen LogP contribution in [-0.2, 0) is 9.53 Å². The van der Waals surface area contributed by atoms with Crippen LogP contribution in [0.3, 0.4) is 0 Å². The van der Waals surface area contributed by atoms with E-state index in [2.05, 4.69) is 14.9 Å². The van der Waals surface area contributed by atoms with Crippen LogP contribution >= 0.6 is 0 Å². The Labute approximate surface area is 143 Å². The molecule has 7 heteroatoms. The molecule has 132 valence electrons. The highest BCUT2D eigenvalue weighted by molar-refractivity contribution is 5.76. The zero-order valence-corrected chi connectivity index (χ0v) is 14.3. The van der Waals surface area contributed by atoms with Gasteiger partial charge in [-0.1, -0.05) is 0 Å². The number of piperazine rings is 1. The number of hydrogen-bond donors (Lipinski definition) is 0. The average molecular weight is 334 g/mol. The molecule has 2 fully saturated rings. The van der Waals surface area contributed by atoms with Crippen molar-refractivity contribution >= 4 is 11.7 Å². The van der Waals surface area contributed by atoms with Crippen molar-refractivity contribution in [3.05, 3.63) is 12.4 Å². The minimum Gasteiger partial charge on any atom is -0.481 e. The lowest BCUT2D eigenvalue weighted by Gasteiger charge is -2.35. The normalized spacial score (nSPS) is 21.6. The third kappa shape index (κ3) is 4.35. The van der Waals surface area contributed by atoms with E-state index in [1.807, 2.05) is 11.0 Å². The third-order valence-electron chi connectivity index (χ3n) is 4.75. The number of methoxy groups -OCH3 is 1. The molecule has 2 saturated heterocycles. The molecule has 2 aliphatic heterocycles. The lowest BCUT2D eigenvalue weighted by molar-refractivity contribution is -0.132. The predicted octanol–water partition coefficient (Wildman–Crippen LogP) is 1.48. The lowest BCUT2D eigenvalue weighted by atomic mass is 10.0. The zero-order valence-electron chi connectivity index (χ0n) is 14.3. The highest BCUT2D eigenvalue weighted by Gasteiger charge is 2.23. The molecule has 0 bridgehead atoms. The van der Waals surface area contributed by atoms with Crippen molar-refractivity contribution in [1.82, 2.24) is 14.9 Å². The van der Waals surface area contributed by atoms with Gasteiger partial charge >= 0.3 is 0 Å². The van der Waals surface area contributed by atoms with Crippen molar-refractivity contribution in [1.29, 1.82) is 0 Å². The predicted molar refractivity (Wildman–Crippen MR) is 90.2 cm³/mol. The van der Waals surface area contributed by atoms with Crippen LogP contribution in [0.5, 0.6) is 5.88 Å². The van der Waals surface area contributed by atoms with Gasteiger partial charge in [-0.25, -0.2) is 9.97 Å². The average Bonchev–Trinajstić information content (AvgIpc) is 2.67. The number of hydrogen-bond acceptors (Lipinski definition) is 6. The van der Waals surface area contributed by atoms with E-state index < -0.39 is 0 Å². The summed E-state index contributed by atoms with van der Waals surface area (Å²) < 4.78 is 10.8. The number of carbonyl (C=O) groups is 1. The van der Waals surface area contributed by atoms with Crippen molar-refractivity contribution in [2.24, 2.45) is 0 Å². The fourth-order valence-corrected chi connectivity index (χ4v) is 3.28. The maximum atomic E-state index is 12.4. The Morgan fingerprint density at radius 3 is 2.83 bits per heavy atom. The fraction of sp³-hybridized carbons (Fsp3) is 0.706. The number of carbonyl (C=O) groups excluding carboxylic acids is 1. The molecule has 1 aromatic heterocycles. The Balaban J connectivity index is 1.44. The van der Waals surface area contributed by atoms with Crippen molar-refractivity contribution in [3.63, 3.8) is 0 Å². The van der Waals surface area contributed by atoms with Crippen LogP contribution in [0.4, 0.5) is 5.82 Å². The minimum atomic E-state index is 0.240. The van der Waals surface area contributed by atoms with E-state index in [-0.39, 0.29) is 12.0 Å². The van der Waals surface area contributed by atoms with Gasteiger partial charge in [-0.2, -0.15) is 0 Å². The first kappa shape index (κ1) is 17.0. The molecule has 0 N–H and O–H groups in total. The molecule has 3 heterocycles. The second-order valence-corrected chi connectivity index (χ2v) is 6.31. The van der Waals surface area contributed by atoms with Crippen LogP contribution < -0.4 is 9.64 Å². The summed E-state index contributed by atoms with van der Waals surface area (Å²) in [6.45, 7) is 3.88. The lowest BCUT2D eigenvalue weighted by Crippen LogP contribution is -2.49. The third-order valence-corrected chi connectivity index (χ3v) is 4.75. The van der Waals surface area contributed by atoms with E-state index in [1.54, 1.807) is 7.11 Å². The first-order chi connectivity index (χ1) is 11.8. The van der Waals surface area contributed by atoms with Crippen molar-refractivity contribution in [2.45, 2.75) is 38.2 Å². The second kappa shape index (κ2) is 8.28. The molecule has 0 spiro atoms. The molecule has 7 nitrogen and oxygen atoms in total. The number of anilines is 1. The van der Waals surface area contributed by atoms with Gasteiger partial charge in [0.25, 0.3) is 0 Å². The summed E-state index contributed by atoms with van der Waals surface area (Å²) in [4.78, 5) is 24.8. The molecular formula is C17H26N4O3. The summed E-state index contributed by atoms with van der Waals surface area (Å²) >= 11 is 0. The van der Waals surface area contributed by atoms with Gasteiger partial charge in [0.05, 0.1) is 13.2 Å². The first-order valence-electron chi connectivity index (χ1n) is 8.76. The number of nitrogens with zero attached hydrogens (tertiary/aromatic N) is 4. The minimum absolute atomic E-state index is 0.240. The largest absolute Gasteiger partial charge is 0.481 e. The Hall–Kier alpha value is -1.89. The number of amides is 1. The van der Waals surface area contributed by atoms with Gasteiger partial charge in [-0.05, 0) is 25.7 Å². The Kier molecular flexibility index (Phi) is 5.85. The molecule has 1 amide bonds. The number of rotatable bonds is 5. The maximum absolute atomic E-state index is 12.4. The van der Waals surface area contributed by atoms with Crippen molar-refractivity contribution < 1.29 is 14.3 Å². The van der Waals surface area contributed by atoms with Gasteiger partial charge in [-0.15, -0.1) is 0 Å². The molecule has 1 unspecified atom stereocenters. The molecule has 1 aromatic rings. The van der Waals surface area contributed by atoms with Gasteiger partial charge in [0, 0.05) is 45.3 Å². The van der Waals surface area contributed by atoms with Crippen LogP contribution in [-0.4, -0.2) is 66.8 Å². The molecule has 24 heavy (non-hydrogen) atoms. The molecule has 1 atom stereocenters. The summed E-state index contributed by atoms with van der Waals surface area (Å²) in [5.74, 6) is 1.65. The summed E-state index contributed by atoms with van der Waals surface area (Å²) in [6.07, 6.45) is 6.69. The molecule has 0 aliphatic carbocycles. The summed E-state index contributed by atoms with van der Waals surface area (Å²) in [6, 6.07) is 1.83. The quantitative estimate of drug-likeness (QED) is 0.812. The maximum Gasteiger partial charge on any atom is 0.222 e. The summed E-state index contributed by atoms with van der Waals surface area (Å²) in [5, 5.41) is 0. The van der Waals surface area contributed by atoms with E-state index in [1.165, 1.54) is 12.7 Å². The SMILES string of the molecule is COc1cc(N2CCN(C(=O)CCC3CCCCO3)CC2)ncn1. The van der Waals surface area contributed by atoms with Crippen LogP contribution in [0.1, 0.15) is 32.1 Å². The molecule has 0 aromatic carbocycles. The molecule has 0 saturated carbocycles. The molecular weight excluding hydrogens is 308 g/mol. The number of ether oxygens (including phenoxy) is 2. The van der Waals surface area contributed by atoms with Crippen LogP contribution in [0, 0.1) is 0 Å². The van der Waals surface area contributed by atoms with Gasteiger partial charge in [0.15, 0.2) is 0 Å². The molecule has 2 aliphatic rings. The number of aromatic nitrogens is 2. The van der Waals surface area contributed by atoms with Gasteiger partial charge in [-0.3, -0.25) is 4.79 Å². The Bertz CT molecular complexity index is 540. The smallest absolute Gasteiger partial charge is 0.222 e. The van der Waals surface area contributed by atoms with E-state index in [0.29, 0.717) is 12.3 Å². The Morgan fingerprint density at radius 2 is 2.12 bits per heavy atom. The fourth-order valence-electron chi connectivity index (χ4n) is 3.28. The van der Waals surface area contributed by atoms with Crippen LogP contribution in [0.25, 0.3) is 0 Å². The van der Waals surface area contributed by atoms with Gasteiger partial charge in [0.2, 0.25) is 11.8 Å². The van der Waals surface area contributed by atoms with Crippen LogP contribution in [0.15, 0.2) is 12.4 Å². The summed E-state index contributed by atoms with van der Waals surface area (Å²) in [7, 11) is 1.60. The van der Waals surface area contributed by atoms with Gasteiger partial charge in [0.1, 0.15) is 12.1 Å². The molecule has 0 radical (unpaired) electrons. The van der Waals surface area contributed by atoms with E-state index >= 15 is 0 Å². The van der Waals surface area contributed by atoms with E-state index in [4.69, 9.17) is 9.47 Å². The second-order valence-electron chi connectivity index (χ2n) is 6.31. The first-order valence-corrected chi connectivity index (χ1v) is 8.76. The monoisotopic (exact) mass is 334 g/mol. The standard InChI is InChI=1S/C17H26N4O3/c1-23-16-12-15(18-13-19-16)20-7-9-21(10-8-20)17(22)6-5-14-4-2-3-11-24-14/h12-14H,2-11H2,1H3. The highest BCUT2D eigenvalue weighted by atomic mass is 16.5. The van der Waals surface area contributed by atoms with Crippen molar-refractivity contribution in [3.8, 4) is 5.88 Å².